The molecule has 0 heterocycles. The number of hydrogen-bond donors (Lipinski definition) is 1. The fourth-order valence-corrected chi connectivity index (χ4v) is 2.91. The molecule has 0 aliphatic carbocycles. The molecule has 1 atom stereocenters. The average molecular weight is 333 g/mol. The summed E-state index contributed by atoms with van der Waals surface area (Å²) in [4.78, 5) is 2.24. The second-order valence-electron chi connectivity index (χ2n) is 5.34. The molecule has 2 N–H and O–H groups in total. The lowest BCUT2D eigenvalue weighted by atomic mass is 10.1. The molecule has 0 saturated heterocycles. The minimum Gasteiger partial charge on any atom is -0.370 e. The summed E-state index contributed by atoms with van der Waals surface area (Å²) in [7, 11) is 2.10. The van der Waals surface area contributed by atoms with Crippen molar-refractivity contribution in [1.82, 2.24) is 0 Å². The Balaban J connectivity index is 2.15. The van der Waals surface area contributed by atoms with E-state index in [1.165, 1.54) is 16.8 Å². The van der Waals surface area contributed by atoms with Gasteiger partial charge in [-0.3, -0.25) is 0 Å². The molecule has 0 radical (unpaired) electrons. The van der Waals surface area contributed by atoms with Crippen LogP contribution in [0.1, 0.15) is 29.7 Å². The van der Waals surface area contributed by atoms with Crippen LogP contribution in [-0.2, 0) is 6.54 Å². The zero-order chi connectivity index (χ0) is 14.7. The first kappa shape index (κ1) is 15.1. The van der Waals surface area contributed by atoms with Gasteiger partial charge in [0.05, 0.1) is 0 Å². The van der Waals surface area contributed by atoms with Crippen LogP contribution in [0, 0.1) is 6.92 Å². The van der Waals surface area contributed by atoms with Crippen LogP contribution < -0.4 is 10.6 Å². The summed E-state index contributed by atoms with van der Waals surface area (Å²) in [5, 5.41) is 0. The highest BCUT2D eigenvalue weighted by Crippen LogP contribution is 2.27. The maximum atomic E-state index is 5.93. The average Bonchev–Trinajstić information content (AvgIpc) is 2.40. The standard InChI is InChI=1S/C17H21BrN2/c1-12-4-6-14(7-5-12)11-20(3)15-8-9-16(13(2)19)17(18)10-15/h4-10,13H,11,19H2,1-3H3. The Morgan fingerprint density at radius 3 is 2.35 bits per heavy atom. The van der Waals surface area contributed by atoms with E-state index >= 15 is 0 Å². The molecule has 0 aliphatic rings. The van der Waals surface area contributed by atoms with Crippen molar-refractivity contribution in [3.05, 3.63) is 63.6 Å². The molecule has 0 aromatic heterocycles. The first-order valence-corrected chi connectivity index (χ1v) is 7.58. The summed E-state index contributed by atoms with van der Waals surface area (Å²) in [6, 6.07) is 15.0. The molecular formula is C17H21BrN2. The Morgan fingerprint density at radius 1 is 1.15 bits per heavy atom. The van der Waals surface area contributed by atoms with Crippen LogP contribution in [0.4, 0.5) is 5.69 Å². The number of nitrogens with zero attached hydrogens (tertiary/aromatic N) is 1. The molecule has 3 heteroatoms. The first-order chi connectivity index (χ1) is 9.47. The van der Waals surface area contributed by atoms with E-state index in [2.05, 4.69) is 77.3 Å². The number of halogens is 1. The molecule has 106 valence electrons. The number of rotatable bonds is 4. The van der Waals surface area contributed by atoms with Crippen molar-refractivity contribution in [3.8, 4) is 0 Å². The Kier molecular flexibility index (Phi) is 4.84. The third kappa shape index (κ3) is 3.62. The van der Waals surface area contributed by atoms with Gasteiger partial charge in [-0.2, -0.15) is 0 Å². The van der Waals surface area contributed by atoms with E-state index < -0.39 is 0 Å². The van der Waals surface area contributed by atoms with E-state index in [1.807, 2.05) is 6.92 Å². The van der Waals surface area contributed by atoms with Crippen LogP contribution in [0.5, 0.6) is 0 Å². The number of benzene rings is 2. The van der Waals surface area contributed by atoms with Gasteiger partial charge in [-0.05, 0) is 37.1 Å². The lowest BCUT2D eigenvalue weighted by Gasteiger charge is -2.21. The molecule has 0 spiro atoms. The molecule has 2 rings (SSSR count). The largest absolute Gasteiger partial charge is 0.370 e. The number of nitrogens with two attached hydrogens (primary N) is 1. The zero-order valence-corrected chi connectivity index (χ0v) is 13.8. The summed E-state index contributed by atoms with van der Waals surface area (Å²) >= 11 is 3.60. The third-order valence-corrected chi connectivity index (χ3v) is 4.14. The monoisotopic (exact) mass is 332 g/mol. The van der Waals surface area contributed by atoms with E-state index in [4.69, 9.17) is 5.73 Å². The van der Waals surface area contributed by atoms with Gasteiger partial charge < -0.3 is 10.6 Å². The van der Waals surface area contributed by atoms with Gasteiger partial charge in [0.1, 0.15) is 0 Å². The highest BCUT2D eigenvalue weighted by Gasteiger charge is 2.08. The van der Waals surface area contributed by atoms with Crippen LogP contribution in [0.25, 0.3) is 0 Å². The first-order valence-electron chi connectivity index (χ1n) is 6.79. The molecule has 2 aromatic carbocycles. The molecule has 20 heavy (non-hydrogen) atoms. The molecule has 0 saturated carbocycles. The maximum absolute atomic E-state index is 5.93. The molecular weight excluding hydrogens is 312 g/mol. The Labute approximate surface area is 129 Å². The van der Waals surface area contributed by atoms with Gasteiger partial charge in [0.2, 0.25) is 0 Å². The zero-order valence-electron chi connectivity index (χ0n) is 12.2. The van der Waals surface area contributed by atoms with E-state index in [0.29, 0.717) is 0 Å². The number of anilines is 1. The van der Waals surface area contributed by atoms with Crippen LogP contribution in [0.15, 0.2) is 46.9 Å². The molecule has 2 aromatic rings. The Bertz CT molecular complexity index is 576. The van der Waals surface area contributed by atoms with Gasteiger partial charge in [0, 0.05) is 29.8 Å². The van der Waals surface area contributed by atoms with Crippen LogP contribution in [0.2, 0.25) is 0 Å². The molecule has 0 fully saturated rings. The van der Waals surface area contributed by atoms with E-state index in [1.54, 1.807) is 0 Å². The fourth-order valence-electron chi connectivity index (χ4n) is 2.18. The summed E-state index contributed by atoms with van der Waals surface area (Å²) in [5.41, 5.74) is 10.9. The second kappa shape index (κ2) is 6.42. The van der Waals surface area contributed by atoms with Gasteiger partial charge in [-0.25, -0.2) is 0 Å². The predicted octanol–water partition coefficient (Wildman–Crippen LogP) is 4.41. The lowest BCUT2D eigenvalue weighted by molar-refractivity contribution is 0.812. The highest BCUT2D eigenvalue weighted by atomic mass is 79.9. The third-order valence-electron chi connectivity index (χ3n) is 3.46. The Hall–Kier alpha value is -1.32. The minimum atomic E-state index is 0.0424. The summed E-state index contributed by atoms with van der Waals surface area (Å²) in [6.45, 7) is 5.00. The van der Waals surface area contributed by atoms with Crippen molar-refractivity contribution in [2.24, 2.45) is 5.73 Å². The van der Waals surface area contributed by atoms with Crippen molar-refractivity contribution in [2.75, 3.05) is 11.9 Å². The number of aryl methyl sites for hydroxylation is 1. The van der Waals surface area contributed by atoms with Crippen molar-refractivity contribution >= 4 is 21.6 Å². The predicted molar refractivity (Wildman–Crippen MR) is 90.0 cm³/mol. The van der Waals surface area contributed by atoms with Crippen LogP contribution >= 0.6 is 15.9 Å². The fraction of sp³-hybridized carbons (Fsp3) is 0.294. The summed E-state index contributed by atoms with van der Waals surface area (Å²) < 4.78 is 1.07. The molecule has 0 amide bonds. The normalized spacial score (nSPS) is 12.2. The topological polar surface area (TPSA) is 29.3 Å². The van der Waals surface area contributed by atoms with Gasteiger partial charge >= 0.3 is 0 Å². The van der Waals surface area contributed by atoms with E-state index in [9.17, 15) is 0 Å². The van der Waals surface area contributed by atoms with Crippen molar-refractivity contribution in [2.45, 2.75) is 26.4 Å². The number of hydrogen-bond acceptors (Lipinski definition) is 2. The van der Waals surface area contributed by atoms with E-state index in [0.717, 1.165) is 16.6 Å². The lowest BCUT2D eigenvalue weighted by Crippen LogP contribution is -2.16. The van der Waals surface area contributed by atoms with Crippen LogP contribution in [0.3, 0.4) is 0 Å². The van der Waals surface area contributed by atoms with Crippen molar-refractivity contribution < 1.29 is 0 Å². The molecule has 1 unspecified atom stereocenters. The van der Waals surface area contributed by atoms with Crippen molar-refractivity contribution in [1.29, 1.82) is 0 Å². The smallest absolute Gasteiger partial charge is 0.0426 e. The quantitative estimate of drug-likeness (QED) is 0.898. The van der Waals surface area contributed by atoms with E-state index in [-0.39, 0.29) is 6.04 Å². The van der Waals surface area contributed by atoms with Gasteiger partial charge in [0.25, 0.3) is 0 Å². The highest BCUT2D eigenvalue weighted by molar-refractivity contribution is 9.10. The van der Waals surface area contributed by atoms with Gasteiger partial charge in [-0.1, -0.05) is 51.8 Å². The molecule has 2 nitrogen and oxygen atoms in total. The Morgan fingerprint density at radius 2 is 1.80 bits per heavy atom. The van der Waals surface area contributed by atoms with Crippen molar-refractivity contribution in [3.63, 3.8) is 0 Å². The SMILES string of the molecule is Cc1ccc(CN(C)c2ccc(C(C)N)c(Br)c2)cc1. The van der Waals surface area contributed by atoms with Gasteiger partial charge in [-0.15, -0.1) is 0 Å². The maximum Gasteiger partial charge on any atom is 0.0426 e. The van der Waals surface area contributed by atoms with Gasteiger partial charge in [0.15, 0.2) is 0 Å². The second-order valence-corrected chi connectivity index (χ2v) is 6.19. The summed E-state index contributed by atoms with van der Waals surface area (Å²) in [5.74, 6) is 0. The van der Waals surface area contributed by atoms with Crippen LogP contribution in [-0.4, -0.2) is 7.05 Å². The molecule has 0 bridgehead atoms. The minimum absolute atomic E-state index is 0.0424. The summed E-state index contributed by atoms with van der Waals surface area (Å²) in [6.07, 6.45) is 0. The molecule has 0 aliphatic heterocycles.